The van der Waals surface area contributed by atoms with Crippen LogP contribution in [-0.2, 0) is 11.3 Å². The zero-order valence-corrected chi connectivity index (χ0v) is 11.3. The number of unbranched alkanes of at least 4 members (excludes halogenated alkanes) is 1. The Hall–Kier alpha value is -0.640. The second-order valence-corrected chi connectivity index (χ2v) is 4.68. The third kappa shape index (κ3) is 6.61. The topological polar surface area (TPSA) is 34.1 Å². The molecule has 0 aromatic carbocycles. The number of aromatic nitrogens is 1. The van der Waals surface area contributed by atoms with E-state index >= 15 is 0 Å². The lowest BCUT2D eigenvalue weighted by atomic mass is 10.2. The Kier molecular flexibility index (Phi) is 7.17. The average molecular weight is 257 g/mol. The minimum Gasteiger partial charge on any atom is -0.379 e. The molecule has 1 aromatic rings. The van der Waals surface area contributed by atoms with Crippen molar-refractivity contribution in [2.75, 3.05) is 13.2 Å². The fourth-order valence-corrected chi connectivity index (χ4v) is 1.63. The van der Waals surface area contributed by atoms with Gasteiger partial charge in [-0.15, -0.1) is 0 Å². The van der Waals surface area contributed by atoms with Crippen LogP contribution < -0.4 is 5.32 Å². The Labute approximate surface area is 109 Å². The first-order chi connectivity index (χ1) is 8.20. The van der Waals surface area contributed by atoms with Gasteiger partial charge in [-0.25, -0.2) is 0 Å². The van der Waals surface area contributed by atoms with Crippen LogP contribution in [0.5, 0.6) is 0 Å². The van der Waals surface area contributed by atoms with Crippen LogP contribution in [-0.4, -0.2) is 24.2 Å². The van der Waals surface area contributed by atoms with Crippen LogP contribution >= 0.6 is 11.6 Å². The molecule has 0 unspecified atom stereocenters. The van der Waals surface area contributed by atoms with Crippen molar-refractivity contribution in [1.82, 2.24) is 10.3 Å². The molecular formula is C13H21ClN2O. The molecule has 0 fully saturated rings. The van der Waals surface area contributed by atoms with E-state index in [-0.39, 0.29) is 0 Å². The van der Waals surface area contributed by atoms with E-state index in [1.807, 2.05) is 6.07 Å². The third-order valence-corrected chi connectivity index (χ3v) is 2.71. The van der Waals surface area contributed by atoms with Gasteiger partial charge in [-0.1, -0.05) is 11.6 Å². The molecule has 96 valence electrons. The fourth-order valence-electron chi connectivity index (χ4n) is 1.44. The number of hydrogen-bond acceptors (Lipinski definition) is 3. The Morgan fingerprint density at radius 2 is 2.24 bits per heavy atom. The van der Waals surface area contributed by atoms with E-state index in [0.29, 0.717) is 6.10 Å². The predicted octanol–water partition coefficient (Wildman–Crippen LogP) is 3.03. The van der Waals surface area contributed by atoms with Gasteiger partial charge in [0.05, 0.1) is 11.1 Å². The first-order valence-corrected chi connectivity index (χ1v) is 6.48. The number of ether oxygens (including phenoxy) is 1. The molecule has 0 aliphatic rings. The maximum atomic E-state index is 6.00. The van der Waals surface area contributed by atoms with Crippen LogP contribution in [0.3, 0.4) is 0 Å². The van der Waals surface area contributed by atoms with Crippen molar-refractivity contribution in [2.24, 2.45) is 0 Å². The van der Waals surface area contributed by atoms with Gasteiger partial charge in [-0.2, -0.15) is 0 Å². The van der Waals surface area contributed by atoms with Crippen molar-refractivity contribution in [3.05, 3.63) is 29.0 Å². The van der Waals surface area contributed by atoms with Gasteiger partial charge in [0, 0.05) is 25.5 Å². The Bertz CT molecular complexity index is 318. The molecular weight excluding hydrogens is 236 g/mol. The quantitative estimate of drug-likeness (QED) is 0.726. The molecule has 0 atom stereocenters. The van der Waals surface area contributed by atoms with Gasteiger partial charge >= 0.3 is 0 Å². The van der Waals surface area contributed by atoms with Crippen molar-refractivity contribution in [2.45, 2.75) is 39.3 Å². The first kappa shape index (κ1) is 14.4. The molecule has 0 amide bonds. The number of nitrogens with zero attached hydrogens (tertiary/aromatic N) is 1. The maximum Gasteiger partial charge on any atom is 0.0634 e. The summed E-state index contributed by atoms with van der Waals surface area (Å²) in [7, 11) is 0. The SMILES string of the molecule is CC(C)OCCCCNCc1ccncc1Cl. The second-order valence-electron chi connectivity index (χ2n) is 4.27. The van der Waals surface area contributed by atoms with Crippen LogP contribution in [0.2, 0.25) is 5.02 Å². The Balaban J connectivity index is 2.03. The highest BCUT2D eigenvalue weighted by molar-refractivity contribution is 6.31. The van der Waals surface area contributed by atoms with Crippen LogP contribution in [0, 0.1) is 0 Å². The van der Waals surface area contributed by atoms with Gasteiger partial charge in [-0.3, -0.25) is 4.98 Å². The fraction of sp³-hybridized carbons (Fsp3) is 0.615. The summed E-state index contributed by atoms with van der Waals surface area (Å²) in [5, 5.41) is 4.09. The van der Waals surface area contributed by atoms with Gasteiger partial charge in [-0.05, 0) is 44.9 Å². The molecule has 1 aromatic heterocycles. The number of hydrogen-bond donors (Lipinski definition) is 1. The molecule has 1 rings (SSSR count). The summed E-state index contributed by atoms with van der Waals surface area (Å²) in [6, 6.07) is 1.94. The first-order valence-electron chi connectivity index (χ1n) is 6.11. The summed E-state index contributed by atoms with van der Waals surface area (Å²) < 4.78 is 5.47. The summed E-state index contributed by atoms with van der Waals surface area (Å²) in [5.41, 5.74) is 1.10. The lowest BCUT2D eigenvalue weighted by Crippen LogP contribution is -2.16. The molecule has 3 nitrogen and oxygen atoms in total. The summed E-state index contributed by atoms with van der Waals surface area (Å²) >= 11 is 6.00. The van der Waals surface area contributed by atoms with Crippen molar-refractivity contribution < 1.29 is 4.74 Å². The molecule has 1 N–H and O–H groups in total. The van der Waals surface area contributed by atoms with Crippen LogP contribution in [0.1, 0.15) is 32.3 Å². The highest BCUT2D eigenvalue weighted by atomic mass is 35.5. The highest BCUT2D eigenvalue weighted by Gasteiger charge is 1.98. The van der Waals surface area contributed by atoms with Gasteiger partial charge < -0.3 is 10.1 Å². The molecule has 17 heavy (non-hydrogen) atoms. The monoisotopic (exact) mass is 256 g/mol. The van der Waals surface area contributed by atoms with Crippen LogP contribution in [0.25, 0.3) is 0 Å². The normalized spacial score (nSPS) is 11.1. The molecule has 0 bridgehead atoms. The summed E-state index contributed by atoms with van der Waals surface area (Å²) in [6.45, 7) is 6.75. The standard InChI is InChI=1S/C13H21ClN2O/c1-11(2)17-8-4-3-6-15-9-12-5-7-16-10-13(12)14/h5,7,10-11,15H,3-4,6,8-9H2,1-2H3. The highest BCUT2D eigenvalue weighted by Crippen LogP contribution is 2.12. The van der Waals surface area contributed by atoms with Gasteiger partial charge in [0.2, 0.25) is 0 Å². The molecule has 0 saturated heterocycles. The minimum atomic E-state index is 0.332. The van der Waals surface area contributed by atoms with E-state index < -0.39 is 0 Å². The third-order valence-electron chi connectivity index (χ3n) is 2.37. The van der Waals surface area contributed by atoms with Crippen molar-refractivity contribution in [3.63, 3.8) is 0 Å². The van der Waals surface area contributed by atoms with Gasteiger partial charge in [0.25, 0.3) is 0 Å². The minimum absolute atomic E-state index is 0.332. The number of halogens is 1. The zero-order valence-electron chi connectivity index (χ0n) is 10.6. The molecule has 0 aliphatic carbocycles. The van der Waals surface area contributed by atoms with Crippen LogP contribution in [0.4, 0.5) is 0 Å². The molecule has 4 heteroatoms. The summed E-state index contributed by atoms with van der Waals surface area (Å²) in [6.07, 6.45) is 5.98. The van der Waals surface area contributed by atoms with Crippen LogP contribution in [0.15, 0.2) is 18.5 Å². The predicted molar refractivity (Wildman–Crippen MR) is 71.3 cm³/mol. The molecule has 1 heterocycles. The lowest BCUT2D eigenvalue weighted by molar-refractivity contribution is 0.0760. The summed E-state index contributed by atoms with van der Waals surface area (Å²) in [4.78, 5) is 3.95. The maximum absolute atomic E-state index is 6.00. The zero-order chi connectivity index (χ0) is 12.5. The Morgan fingerprint density at radius 1 is 1.41 bits per heavy atom. The smallest absolute Gasteiger partial charge is 0.0634 e. The van der Waals surface area contributed by atoms with Crippen molar-refractivity contribution in [1.29, 1.82) is 0 Å². The molecule has 0 aliphatic heterocycles. The number of nitrogens with one attached hydrogen (secondary N) is 1. The van der Waals surface area contributed by atoms with E-state index in [1.54, 1.807) is 12.4 Å². The number of pyridine rings is 1. The lowest BCUT2D eigenvalue weighted by Gasteiger charge is -2.08. The average Bonchev–Trinajstić information content (AvgIpc) is 2.30. The molecule has 0 saturated carbocycles. The van der Waals surface area contributed by atoms with Crippen molar-refractivity contribution >= 4 is 11.6 Å². The second kappa shape index (κ2) is 8.45. The van der Waals surface area contributed by atoms with Crippen molar-refractivity contribution in [3.8, 4) is 0 Å². The van der Waals surface area contributed by atoms with E-state index in [2.05, 4.69) is 24.1 Å². The van der Waals surface area contributed by atoms with E-state index in [4.69, 9.17) is 16.3 Å². The van der Waals surface area contributed by atoms with E-state index in [0.717, 1.165) is 43.1 Å². The molecule has 0 spiro atoms. The van der Waals surface area contributed by atoms with E-state index in [9.17, 15) is 0 Å². The van der Waals surface area contributed by atoms with Gasteiger partial charge in [0.1, 0.15) is 0 Å². The molecule has 0 radical (unpaired) electrons. The van der Waals surface area contributed by atoms with Gasteiger partial charge in [0.15, 0.2) is 0 Å². The largest absolute Gasteiger partial charge is 0.379 e. The van der Waals surface area contributed by atoms with E-state index in [1.165, 1.54) is 0 Å². The summed E-state index contributed by atoms with van der Waals surface area (Å²) in [5.74, 6) is 0. The Morgan fingerprint density at radius 3 is 2.94 bits per heavy atom. The number of rotatable bonds is 8.